The maximum Gasteiger partial charge on any atom is 0.335 e. The van der Waals surface area contributed by atoms with E-state index in [0.29, 0.717) is 5.56 Å². The Kier molecular flexibility index (Phi) is 5.32. The first-order valence-corrected chi connectivity index (χ1v) is 9.75. The molecule has 1 aliphatic heterocycles. The predicted molar refractivity (Wildman–Crippen MR) is 116 cm³/mol. The fourth-order valence-electron chi connectivity index (χ4n) is 3.75. The minimum Gasteiger partial charge on any atom is -0.507 e. The molecule has 1 amide bonds. The van der Waals surface area contributed by atoms with Gasteiger partial charge in [-0.25, -0.2) is 9.18 Å². The summed E-state index contributed by atoms with van der Waals surface area (Å²) in [7, 11) is 0. The van der Waals surface area contributed by atoms with E-state index in [4.69, 9.17) is 0 Å². The Morgan fingerprint density at radius 1 is 0.906 bits per heavy atom. The number of carbonyl (C=O) groups is 3. The summed E-state index contributed by atoms with van der Waals surface area (Å²) in [6.45, 7) is 1.86. The third-order valence-electron chi connectivity index (χ3n) is 5.34. The number of aromatic carboxylic acids is 1. The zero-order chi connectivity index (χ0) is 23.0. The second kappa shape index (κ2) is 8.11. The first-order chi connectivity index (χ1) is 15.3. The number of nitrogens with zero attached hydrogens (tertiary/aromatic N) is 1. The molecule has 0 aromatic heterocycles. The van der Waals surface area contributed by atoms with Crippen molar-refractivity contribution in [2.75, 3.05) is 4.90 Å². The number of aryl methyl sites for hydroxylation is 1. The number of carboxylic acids is 1. The van der Waals surface area contributed by atoms with Crippen molar-refractivity contribution in [2.24, 2.45) is 0 Å². The molecule has 4 rings (SSSR count). The quantitative estimate of drug-likeness (QED) is 0.361. The summed E-state index contributed by atoms with van der Waals surface area (Å²) in [5.41, 5.74) is 0.955. The summed E-state index contributed by atoms with van der Waals surface area (Å²) >= 11 is 0. The number of Topliss-reactive ketones (excluding diaryl/α,β-unsaturated/α-hetero) is 1. The first-order valence-electron chi connectivity index (χ1n) is 9.75. The van der Waals surface area contributed by atoms with Gasteiger partial charge in [-0.1, -0.05) is 54.1 Å². The molecule has 0 aliphatic carbocycles. The minimum absolute atomic E-state index is 0.00101. The maximum atomic E-state index is 14.8. The minimum atomic E-state index is -1.28. The molecule has 0 bridgehead atoms. The Morgan fingerprint density at radius 2 is 1.59 bits per heavy atom. The number of hydrogen-bond donors (Lipinski definition) is 2. The van der Waals surface area contributed by atoms with Gasteiger partial charge in [-0.2, -0.15) is 0 Å². The average Bonchev–Trinajstić information content (AvgIpc) is 3.04. The highest BCUT2D eigenvalue weighted by Crippen LogP contribution is 2.43. The third kappa shape index (κ3) is 3.54. The van der Waals surface area contributed by atoms with Crippen molar-refractivity contribution in [3.63, 3.8) is 0 Å². The Bertz CT molecular complexity index is 1280. The van der Waals surface area contributed by atoms with Crippen LogP contribution in [0.15, 0.2) is 78.4 Å². The van der Waals surface area contributed by atoms with Crippen molar-refractivity contribution >= 4 is 29.1 Å². The lowest BCUT2D eigenvalue weighted by Crippen LogP contribution is -2.30. The summed E-state index contributed by atoms with van der Waals surface area (Å²) in [6, 6.07) is 16.5. The fourth-order valence-corrected chi connectivity index (χ4v) is 3.75. The van der Waals surface area contributed by atoms with Crippen LogP contribution in [0.25, 0.3) is 5.76 Å². The normalized spacial score (nSPS) is 17.6. The monoisotopic (exact) mass is 431 g/mol. The Balaban J connectivity index is 1.97. The van der Waals surface area contributed by atoms with Crippen LogP contribution in [0, 0.1) is 12.7 Å². The molecule has 1 atom stereocenters. The van der Waals surface area contributed by atoms with Gasteiger partial charge in [0.2, 0.25) is 0 Å². The molecule has 7 heteroatoms. The van der Waals surface area contributed by atoms with Crippen LogP contribution in [0.5, 0.6) is 0 Å². The number of hydrogen-bond acceptors (Lipinski definition) is 4. The summed E-state index contributed by atoms with van der Waals surface area (Å²) in [4.78, 5) is 38.5. The summed E-state index contributed by atoms with van der Waals surface area (Å²) < 4.78 is 14.8. The van der Waals surface area contributed by atoms with E-state index in [2.05, 4.69) is 0 Å². The second-order valence-corrected chi connectivity index (χ2v) is 7.41. The number of carbonyl (C=O) groups excluding carboxylic acids is 2. The molecule has 160 valence electrons. The number of rotatable bonds is 4. The highest BCUT2D eigenvalue weighted by molar-refractivity contribution is 6.51. The molecule has 1 fully saturated rings. The summed E-state index contributed by atoms with van der Waals surface area (Å²) in [6.07, 6.45) is 0. The molecule has 0 unspecified atom stereocenters. The highest BCUT2D eigenvalue weighted by atomic mass is 19.1. The standard InChI is InChI=1S/C25H18FNO5/c1-14-9-11-15(12-10-14)22(28)20-21(18-7-2-3-8-19(18)26)27(24(30)23(20)29)17-6-4-5-16(13-17)25(31)32/h2-13,21,28H,1H3,(H,31,32)/b22-20+/t21-/m0/s1. The fraction of sp³-hybridized carbons (Fsp3) is 0.0800. The van der Waals surface area contributed by atoms with Gasteiger partial charge in [0.15, 0.2) is 0 Å². The van der Waals surface area contributed by atoms with Crippen LogP contribution in [-0.4, -0.2) is 27.9 Å². The van der Waals surface area contributed by atoms with Crippen molar-refractivity contribution in [3.05, 3.63) is 106 Å². The number of aliphatic hydroxyl groups is 1. The van der Waals surface area contributed by atoms with Gasteiger partial charge in [0.05, 0.1) is 17.2 Å². The van der Waals surface area contributed by atoms with Gasteiger partial charge in [-0.15, -0.1) is 0 Å². The molecule has 1 heterocycles. The Morgan fingerprint density at radius 3 is 2.25 bits per heavy atom. The van der Waals surface area contributed by atoms with Gasteiger partial charge >= 0.3 is 5.97 Å². The van der Waals surface area contributed by atoms with Gasteiger partial charge in [0.1, 0.15) is 11.6 Å². The molecule has 1 aliphatic rings. The van der Waals surface area contributed by atoms with Gasteiger partial charge < -0.3 is 10.2 Å². The molecular formula is C25H18FNO5. The topological polar surface area (TPSA) is 94.9 Å². The lowest BCUT2D eigenvalue weighted by atomic mass is 9.94. The SMILES string of the molecule is Cc1ccc(/C(O)=C2\C(=O)C(=O)N(c3cccc(C(=O)O)c3)[C@H]2c2ccccc2F)cc1. The maximum absolute atomic E-state index is 14.8. The molecule has 0 saturated carbocycles. The molecule has 6 nitrogen and oxygen atoms in total. The number of anilines is 1. The lowest BCUT2D eigenvalue weighted by Gasteiger charge is -2.26. The largest absolute Gasteiger partial charge is 0.507 e. The van der Waals surface area contributed by atoms with Crippen molar-refractivity contribution in [1.82, 2.24) is 0 Å². The van der Waals surface area contributed by atoms with Gasteiger partial charge in [-0.05, 0) is 31.2 Å². The smallest absolute Gasteiger partial charge is 0.335 e. The van der Waals surface area contributed by atoms with Crippen molar-refractivity contribution < 1.29 is 29.0 Å². The number of aliphatic hydroxyl groups excluding tert-OH is 1. The van der Waals surface area contributed by atoms with Gasteiger partial charge in [-0.3, -0.25) is 14.5 Å². The zero-order valence-corrected chi connectivity index (χ0v) is 16.9. The summed E-state index contributed by atoms with van der Waals surface area (Å²) in [5.74, 6) is -4.31. The van der Waals surface area contributed by atoms with Crippen molar-refractivity contribution in [2.45, 2.75) is 13.0 Å². The van der Waals surface area contributed by atoms with Gasteiger partial charge in [0, 0.05) is 16.8 Å². The van der Waals surface area contributed by atoms with E-state index in [9.17, 15) is 29.0 Å². The van der Waals surface area contributed by atoms with E-state index in [1.54, 1.807) is 30.3 Å². The van der Waals surface area contributed by atoms with Crippen LogP contribution in [-0.2, 0) is 9.59 Å². The van der Waals surface area contributed by atoms with Crippen LogP contribution in [0.3, 0.4) is 0 Å². The molecule has 3 aromatic rings. The van der Waals surface area contributed by atoms with Crippen LogP contribution >= 0.6 is 0 Å². The number of halogens is 1. The predicted octanol–water partition coefficient (Wildman–Crippen LogP) is 4.46. The average molecular weight is 431 g/mol. The van der Waals surface area contributed by atoms with Crippen LogP contribution in [0.1, 0.15) is 33.1 Å². The first kappa shape index (κ1) is 21.0. The Hall–Kier alpha value is -4.26. The number of amides is 1. The number of ketones is 1. The molecule has 32 heavy (non-hydrogen) atoms. The Labute approximate surface area is 182 Å². The van der Waals surface area contributed by atoms with Gasteiger partial charge in [0.25, 0.3) is 11.7 Å². The molecular weight excluding hydrogens is 413 g/mol. The third-order valence-corrected chi connectivity index (χ3v) is 5.34. The lowest BCUT2D eigenvalue weighted by molar-refractivity contribution is -0.132. The van der Waals surface area contributed by atoms with E-state index < -0.39 is 35.3 Å². The van der Waals surface area contributed by atoms with Crippen molar-refractivity contribution in [3.8, 4) is 0 Å². The van der Waals surface area contributed by atoms with Crippen LogP contribution < -0.4 is 4.90 Å². The second-order valence-electron chi connectivity index (χ2n) is 7.41. The molecule has 0 radical (unpaired) electrons. The van der Waals surface area contributed by atoms with E-state index in [1.165, 1.54) is 42.5 Å². The number of carboxylic acid groups (broad SMARTS) is 1. The molecule has 1 saturated heterocycles. The van der Waals surface area contributed by atoms with Crippen molar-refractivity contribution in [1.29, 1.82) is 0 Å². The van der Waals surface area contributed by atoms with Crippen LogP contribution in [0.2, 0.25) is 0 Å². The zero-order valence-electron chi connectivity index (χ0n) is 16.9. The van der Waals surface area contributed by atoms with E-state index in [-0.39, 0.29) is 22.4 Å². The van der Waals surface area contributed by atoms with E-state index in [0.717, 1.165) is 10.5 Å². The van der Waals surface area contributed by atoms with Crippen LogP contribution in [0.4, 0.5) is 10.1 Å². The van der Waals surface area contributed by atoms with E-state index >= 15 is 0 Å². The highest BCUT2D eigenvalue weighted by Gasteiger charge is 2.47. The summed E-state index contributed by atoms with van der Waals surface area (Å²) in [5, 5.41) is 20.3. The molecule has 0 spiro atoms. The molecule has 3 aromatic carbocycles. The number of benzene rings is 3. The molecule has 2 N–H and O–H groups in total. The van der Waals surface area contributed by atoms with E-state index in [1.807, 2.05) is 6.92 Å².